The van der Waals surface area contributed by atoms with Crippen LogP contribution >= 0.6 is 23.1 Å². The van der Waals surface area contributed by atoms with Crippen molar-refractivity contribution in [1.82, 2.24) is 15.1 Å². The Hall–Kier alpha value is -2.63. The molecule has 2 aromatic carbocycles. The van der Waals surface area contributed by atoms with E-state index in [1.54, 1.807) is 30.2 Å². The highest BCUT2D eigenvalue weighted by atomic mass is 32.2. The fraction of sp³-hybridized carbons (Fsp3) is 0.318. The maximum Gasteiger partial charge on any atom is 0.263 e. The number of carbonyl (C=O) groups is 1. The number of nitrogens with one attached hydrogen (secondary N) is 1. The lowest BCUT2D eigenvalue weighted by atomic mass is 10.1. The van der Waals surface area contributed by atoms with Crippen molar-refractivity contribution in [3.63, 3.8) is 0 Å². The maximum absolute atomic E-state index is 13.1. The summed E-state index contributed by atoms with van der Waals surface area (Å²) in [5.74, 6) is 0.585. The van der Waals surface area contributed by atoms with Gasteiger partial charge in [-0.15, -0.1) is 22.0 Å². The van der Waals surface area contributed by atoms with Crippen molar-refractivity contribution in [2.24, 2.45) is 0 Å². The number of benzene rings is 2. The summed E-state index contributed by atoms with van der Waals surface area (Å²) in [6.45, 7) is 1.39. The molecule has 8 nitrogen and oxygen atoms in total. The standard InChI is InChI=1S/C22H24N4O4S3/c1-30-16-8-6-15(7-9-16)20-23-24-22(32-20)25-33(28,29)17-10-11-19(31-2)18(14-17)21(27)26-12-4-3-5-13-26/h6-11,14H,3-5,12-13H2,1-2H3,(H,24,25). The first kappa shape index (κ1) is 23.5. The SMILES string of the molecule is COc1ccc(-c2nnc(NS(=O)(=O)c3ccc(SC)c(C(=O)N4CCCCC4)c3)s2)cc1. The van der Waals surface area contributed by atoms with Gasteiger partial charge in [0.15, 0.2) is 0 Å². The van der Waals surface area contributed by atoms with Crippen molar-refractivity contribution < 1.29 is 17.9 Å². The zero-order valence-corrected chi connectivity index (χ0v) is 20.7. The summed E-state index contributed by atoms with van der Waals surface area (Å²) in [5, 5.41) is 8.80. The lowest BCUT2D eigenvalue weighted by Gasteiger charge is -2.27. The number of hydrogen-bond donors (Lipinski definition) is 1. The minimum atomic E-state index is -3.95. The summed E-state index contributed by atoms with van der Waals surface area (Å²) in [5.41, 5.74) is 1.21. The predicted octanol–water partition coefficient (Wildman–Crippen LogP) is 4.36. The number of ether oxygens (including phenoxy) is 1. The molecule has 0 saturated carbocycles. The van der Waals surface area contributed by atoms with Crippen molar-refractivity contribution in [1.29, 1.82) is 0 Å². The van der Waals surface area contributed by atoms with Crippen LogP contribution in [0.25, 0.3) is 10.6 Å². The molecular weight excluding hydrogens is 480 g/mol. The fourth-order valence-electron chi connectivity index (χ4n) is 3.58. The van der Waals surface area contributed by atoms with E-state index in [1.807, 2.05) is 18.4 Å². The number of amides is 1. The van der Waals surface area contributed by atoms with Gasteiger partial charge >= 0.3 is 0 Å². The summed E-state index contributed by atoms with van der Waals surface area (Å²) in [7, 11) is -2.36. The number of likely N-dealkylation sites (tertiary alicyclic amines) is 1. The zero-order chi connectivity index (χ0) is 23.4. The number of piperidine rings is 1. The molecule has 1 fully saturated rings. The van der Waals surface area contributed by atoms with Crippen LogP contribution < -0.4 is 9.46 Å². The summed E-state index contributed by atoms with van der Waals surface area (Å²) < 4.78 is 33.8. The predicted molar refractivity (Wildman–Crippen MR) is 131 cm³/mol. The molecule has 0 unspecified atom stereocenters. The molecule has 0 spiro atoms. The van der Waals surface area contributed by atoms with Crippen LogP contribution in [0, 0.1) is 0 Å². The molecule has 2 heterocycles. The number of aromatic nitrogens is 2. The van der Waals surface area contributed by atoms with Crippen LogP contribution in [0.3, 0.4) is 0 Å². The van der Waals surface area contributed by atoms with Gasteiger partial charge in [-0.2, -0.15) is 0 Å². The molecule has 1 saturated heterocycles. The molecule has 33 heavy (non-hydrogen) atoms. The van der Waals surface area contributed by atoms with Gasteiger partial charge in [-0.05, 0) is 68.0 Å². The number of carbonyl (C=O) groups excluding carboxylic acids is 1. The third kappa shape index (κ3) is 5.31. The summed E-state index contributed by atoms with van der Waals surface area (Å²) in [6.07, 6.45) is 4.91. The number of rotatable bonds is 7. The molecule has 0 atom stereocenters. The first-order chi connectivity index (χ1) is 15.9. The summed E-state index contributed by atoms with van der Waals surface area (Å²) in [6, 6.07) is 11.9. The number of sulfonamides is 1. The third-order valence-electron chi connectivity index (χ3n) is 5.34. The van der Waals surface area contributed by atoms with E-state index in [2.05, 4.69) is 14.9 Å². The highest BCUT2D eigenvalue weighted by molar-refractivity contribution is 7.98. The van der Waals surface area contributed by atoms with Gasteiger partial charge in [-0.25, -0.2) is 8.42 Å². The maximum atomic E-state index is 13.1. The second-order valence-corrected chi connectivity index (χ2v) is 11.0. The molecule has 1 N–H and O–H groups in total. The molecule has 1 aliphatic heterocycles. The Labute approximate surface area is 201 Å². The van der Waals surface area contributed by atoms with Crippen molar-refractivity contribution in [3.05, 3.63) is 48.0 Å². The molecule has 174 valence electrons. The summed E-state index contributed by atoms with van der Waals surface area (Å²) in [4.78, 5) is 15.7. The highest BCUT2D eigenvalue weighted by Gasteiger charge is 2.24. The quantitative estimate of drug-likeness (QED) is 0.477. The van der Waals surface area contributed by atoms with Crippen LogP contribution in [0.1, 0.15) is 29.6 Å². The number of anilines is 1. The first-order valence-electron chi connectivity index (χ1n) is 10.4. The summed E-state index contributed by atoms with van der Waals surface area (Å²) >= 11 is 2.55. The van der Waals surface area contributed by atoms with Gasteiger partial charge in [0, 0.05) is 23.5 Å². The second-order valence-electron chi connectivity index (χ2n) is 7.46. The molecule has 0 aliphatic carbocycles. The van der Waals surface area contributed by atoms with E-state index in [0.29, 0.717) is 29.4 Å². The van der Waals surface area contributed by atoms with Crippen LogP contribution in [0.4, 0.5) is 5.13 Å². The zero-order valence-electron chi connectivity index (χ0n) is 18.3. The minimum absolute atomic E-state index is 0.0156. The molecule has 1 aromatic heterocycles. The van der Waals surface area contributed by atoms with Gasteiger partial charge in [0.2, 0.25) is 5.13 Å². The second kappa shape index (κ2) is 10.1. The Morgan fingerprint density at radius 3 is 2.48 bits per heavy atom. The van der Waals surface area contributed by atoms with Gasteiger partial charge in [0.05, 0.1) is 17.6 Å². The number of thioether (sulfide) groups is 1. The van der Waals surface area contributed by atoms with Gasteiger partial charge in [-0.1, -0.05) is 11.3 Å². The molecular formula is C22H24N4O4S3. The van der Waals surface area contributed by atoms with Crippen molar-refractivity contribution in [3.8, 4) is 16.3 Å². The molecule has 4 rings (SSSR count). The molecule has 1 amide bonds. The number of methoxy groups -OCH3 is 1. The van der Waals surface area contributed by atoms with Crippen molar-refractivity contribution in [2.45, 2.75) is 29.1 Å². The molecule has 3 aromatic rings. The van der Waals surface area contributed by atoms with Gasteiger partial charge in [0.1, 0.15) is 10.8 Å². The van der Waals surface area contributed by atoms with E-state index in [4.69, 9.17) is 4.74 Å². The van der Waals surface area contributed by atoms with E-state index >= 15 is 0 Å². The van der Waals surface area contributed by atoms with E-state index in [9.17, 15) is 13.2 Å². The normalized spacial score (nSPS) is 14.2. The number of nitrogens with zero attached hydrogens (tertiary/aromatic N) is 3. The molecule has 11 heteroatoms. The molecule has 0 radical (unpaired) electrons. The topological polar surface area (TPSA) is 101 Å². The Morgan fingerprint density at radius 1 is 1.09 bits per heavy atom. The highest BCUT2D eigenvalue weighted by Crippen LogP contribution is 2.30. The molecule has 1 aliphatic rings. The van der Waals surface area contributed by atoms with Crippen LogP contribution in [0.15, 0.2) is 52.3 Å². The van der Waals surface area contributed by atoms with E-state index < -0.39 is 10.0 Å². The van der Waals surface area contributed by atoms with E-state index in [-0.39, 0.29) is 15.9 Å². The van der Waals surface area contributed by atoms with Crippen LogP contribution in [0.2, 0.25) is 0 Å². The Morgan fingerprint density at radius 2 is 1.82 bits per heavy atom. The fourth-order valence-corrected chi connectivity index (χ4v) is 6.15. The van der Waals surface area contributed by atoms with Crippen LogP contribution in [-0.2, 0) is 10.0 Å². The first-order valence-corrected chi connectivity index (χ1v) is 13.9. The Kier molecular flexibility index (Phi) is 7.20. The smallest absolute Gasteiger partial charge is 0.263 e. The van der Waals surface area contributed by atoms with Crippen LogP contribution in [-0.4, -0.2) is 55.9 Å². The van der Waals surface area contributed by atoms with E-state index in [1.165, 1.54) is 23.9 Å². The number of hydrogen-bond acceptors (Lipinski definition) is 8. The van der Waals surface area contributed by atoms with Gasteiger partial charge in [-0.3, -0.25) is 9.52 Å². The van der Waals surface area contributed by atoms with E-state index in [0.717, 1.165) is 41.1 Å². The monoisotopic (exact) mass is 504 g/mol. The Balaban J connectivity index is 1.57. The lowest BCUT2D eigenvalue weighted by Crippen LogP contribution is -2.36. The average Bonchev–Trinajstić information content (AvgIpc) is 3.31. The largest absolute Gasteiger partial charge is 0.497 e. The Bertz CT molecular complexity index is 1240. The molecule has 0 bridgehead atoms. The lowest BCUT2D eigenvalue weighted by molar-refractivity contribution is 0.0720. The minimum Gasteiger partial charge on any atom is -0.497 e. The van der Waals surface area contributed by atoms with Gasteiger partial charge in [0.25, 0.3) is 15.9 Å². The van der Waals surface area contributed by atoms with Crippen molar-refractivity contribution in [2.75, 3.05) is 31.2 Å². The van der Waals surface area contributed by atoms with Gasteiger partial charge < -0.3 is 9.64 Å². The average molecular weight is 505 g/mol. The van der Waals surface area contributed by atoms with Crippen LogP contribution in [0.5, 0.6) is 5.75 Å². The van der Waals surface area contributed by atoms with Crippen molar-refractivity contribution >= 4 is 44.2 Å². The third-order valence-corrected chi connectivity index (χ3v) is 8.49.